The molecule has 0 saturated carbocycles. The van der Waals surface area contributed by atoms with Gasteiger partial charge < -0.3 is 59.4 Å². The van der Waals surface area contributed by atoms with Crippen molar-refractivity contribution >= 4 is 5.97 Å². The Hall–Kier alpha value is -2.53. The summed E-state index contributed by atoms with van der Waals surface area (Å²) in [5.41, 5.74) is 1.74. The van der Waals surface area contributed by atoms with Crippen molar-refractivity contribution in [2.45, 2.75) is 313 Å². The van der Waals surface area contributed by atoms with E-state index in [0.717, 1.165) is 56.1 Å². The minimum absolute atomic E-state index is 0.0760. The monoisotopic (exact) mass is 1090 g/mol. The maximum atomic E-state index is 14.0. The normalized spacial score (nSPS) is 20.1. The molecule has 444 valence electrons. The Morgan fingerprint density at radius 3 is 1.30 bits per heavy atom. The van der Waals surface area contributed by atoms with Crippen molar-refractivity contribution in [1.29, 1.82) is 0 Å². The maximum absolute atomic E-state index is 14.0. The van der Waals surface area contributed by atoms with Crippen molar-refractivity contribution in [2.24, 2.45) is 0 Å². The Morgan fingerprint density at radius 2 is 0.883 bits per heavy atom. The van der Waals surface area contributed by atoms with Crippen LogP contribution in [0.4, 0.5) is 0 Å². The number of aliphatic hydroxyl groups is 7. The van der Waals surface area contributed by atoms with Crippen LogP contribution in [0.2, 0.25) is 0 Å². The van der Waals surface area contributed by atoms with E-state index in [4.69, 9.17) is 23.7 Å². The number of ether oxygens (including phenoxy) is 5. The fraction of sp³-hybridized carbons (Fsp3) is 0.797. The van der Waals surface area contributed by atoms with Crippen LogP contribution < -0.4 is 0 Å². The number of carbonyl (C=O) groups is 1. The van der Waals surface area contributed by atoms with E-state index in [-0.39, 0.29) is 19.6 Å². The first kappa shape index (κ1) is 68.7. The molecule has 0 bridgehead atoms. The first-order valence-electron chi connectivity index (χ1n) is 31.1. The largest absolute Gasteiger partial charge is 0.455 e. The zero-order valence-corrected chi connectivity index (χ0v) is 48.1. The van der Waals surface area contributed by atoms with Crippen molar-refractivity contribution in [3.8, 4) is 0 Å². The number of aliphatic hydroxyl groups excluding tert-OH is 7. The highest BCUT2D eigenvalue weighted by molar-refractivity contribution is 5.75. The molecule has 1 fully saturated rings. The van der Waals surface area contributed by atoms with Crippen LogP contribution in [0.15, 0.2) is 60.7 Å². The lowest BCUT2D eigenvalue weighted by molar-refractivity contribution is -0.308. The van der Waals surface area contributed by atoms with Crippen LogP contribution in [0.3, 0.4) is 0 Å². The zero-order valence-electron chi connectivity index (χ0n) is 48.1. The smallest absolute Gasteiger partial charge is 0.338 e. The van der Waals surface area contributed by atoms with Crippen LogP contribution in [0.5, 0.6) is 0 Å². The van der Waals surface area contributed by atoms with Gasteiger partial charge in [-0.15, -0.1) is 0 Å². The maximum Gasteiger partial charge on any atom is 0.338 e. The van der Waals surface area contributed by atoms with Gasteiger partial charge in [-0.25, -0.2) is 4.79 Å². The summed E-state index contributed by atoms with van der Waals surface area (Å²) in [6.07, 6.45) is 23.2. The third-order valence-electron chi connectivity index (χ3n) is 15.5. The molecule has 0 aliphatic carbocycles. The van der Waals surface area contributed by atoms with Gasteiger partial charge in [0, 0.05) is 0 Å². The lowest BCUT2D eigenvalue weighted by atomic mass is 9.98. The number of hydrogen-bond donors (Lipinski definition) is 7. The molecule has 1 aliphatic heterocycles. The SMILES string of the molecule is CCCCCCCCCCCCCCCCCCCCCC[C@@H](O)[C@@H](O)[C@@H](O)C(=O)O[C@@H](CO[C@H]1O[C@H](CO)[C@H](O)[C@H](O)[C@H]1O)[C@H](OCc1ccccc1)[C@@H](CCCCCCCCCCCCCC)OCc1ccccc1. The van der Waals surface area contributed by atoms with Gasteiger partial charge in [0.15, 0.2) is 18.5 Å². The second-order valence-corrected chi connectivity index (χ2v) is 22.3. The molecule has 77 heavy (non-hydrogen) atoms. The molecule has 1 heterocycles. The molecule has 0 spiro atoms. The van der Waals surface area contributed by atoms with Crippen LogP contribution in [0.25, 0.3) is 0 Å². The molecule has 0 amide bonds. The molecule has 7 N–H and O–H groups in total. The first-order chi connectivity index (χ1) is 37.6. The van der Waals surface area contributed by atoms with Crippen LogP contribution in [-0.2, 0) is 41.7 Å². The molecular formula is C64H110O13. The topological polar surface area (TPSA) is 205 Å². The molecule has 1 aliphatic rings. The zero-order chi connectivity index (χ0) is 55.6. The molecule has 0 radical (unpaired) electrons. The quantitative estimate of drug-likeness (QED) is 0.0244. The number of rotatable bonds is 50. The minimum atomic E-state index is -2.13. The van der Waals surface area contributed by atoms with Gasteiger partial charge in [-0.1, -0.05) is 280 Å². The van der Waals surface area contributed by atoms with Gasteiger partial charge in [0.25, 0.3) is 0 Å². The molecule has 2 aromatic rings. The van der Waals surface area contributed by atoms with Crippen molar-refractivity contribution in [3.63, 3.8) is 0 Å². The Balaban J connectivity index is 1.63. The van der Waals surface area contributed by atoms with Crippen LogP contribution in [0, 0.1) is 0 Å². The molecule has 13 nitrogen and oxygen atoms in total. The molecule has 0 aromatic heterocycles. The summed E-state index contributed by atoms with van der Waals surface area (Å²) in [5, 5.41) is 75.5. The van der Waals surface area contributed by atoms with Gasteiger partial charge in [-0.05, 0) is 24.0 Å². The van der Waals surface area contributed by atoms with Crippen molar-refractivity contribution < 1.29 is 64.2 Å². The highest BCUT2D eigenvalue weighted by Crippen LogP contribution is 2.27. The highest BCUT2D eigenvalue weighted by Gasteiger charge is 2.45. The van der Waals surface area contributed by atoms with E-state index in [0.29, 0.717) is 12.8 Å². The number of hydrogen-bond acceptors (Lipinski definition) is 13. The Bertz CT molecular complexity index is 1640. The van der Waals surface area contributed by atoms with Gasteiger partial charge in [0.05, 0.1) is 38.6 Å². The summed E-state index contributed by atoms with van der Waals surface area (Å²) in [7, 11) is 0. The van der Waals surface area contributed by atoms with Crippen LogP contribution in [-0.4, -0.2) is 122 Å². The number of unbranched alkanes of at least 4 members (excludes halogenated alkanes) is 30. The summed E-state index contributed by atoms with van der Waals surface area (Å²) >= 11 is 0. The van der Waals surface area contributed by atoms with E-state index >= 15 is 0 Å². The summed E-state index contributed by atoms with van der Waals surface area (Å²) in [6, 6.07) is 19.1. The Kier molecular flexibility index (Phi) is 40.3. The van der Waals surface area contributed by atoms with E-state index in [2.05, 4.69) is 13.8 Å². The molecule has 13 heteroatoms. The van der Waals surface area contributed by atoms with E-state index in [9.17, 15) is 40.5 Å². The molecule has 0 unspecified atom stereocenters. The lowest BCUT2D eigenvalue weighted by Gasteiger charge is -2.40. The van der Waals surface area contributed by atoms with E-state index in [1.54, 1.807) is 0 Å². The summed E-state index contributed by atoms with van der Waals surface area (Å²) in [6.45, 7) is 3.60. The van der Waals surface area contributed by atoms with Crippen molar-refractivity contribution in [3.05, 3.63) is 71.8 Å². The molecule has 2 aromatic carbocycles. The summed E-state index contributed by atoms with van der Waals surface area (Å²) in [5.74, 6) is -1.22. The Labute approximate surface area is 466 Å². The average Bonchev–Trinajstić information content (AvgIpc) is 3.45. The predicted molar refractivity (Wildman–Crippen MR) is 306 cm³/mol. The second-order valence-electron chi connectivity index (χ2n) is 22.3. The van der Waals surface area contributed by atoms with Gasteiger partial charge in [0.2, 0.25) is 0 Å². The standard InChI is InChI=1S/C64H110O13/c1-3-5-7-9-11-13-15-17-18-19-20-21-22-23-24-25-27-29-31-39-45-53(66)57(67)60(70)63(72)76-56(50-75-64-61(71)59(69)58(68)55(47-65)77-64)62(74-49-52-43-37-34-38-44-52)54(73-48-51-41-35-33-36-42-51)46-40-32-30-28-26-16-14-12-10-8-6-4-2/h33-38,41-44,53-62,64-71H,3-32,39-40,45-50H2,1-2H3/t53-,54-,55-,56+,57-,58+,59+,60-,61-,62-,64+/m1/s1. The van der Waals surface area contributed by atoms with E-state index < -0.39 is 86.5 Å². The summed E-state index contributed by atoms with van der Waals surface area (Å²) < 4.78 is 31.2. The molecule has 11 atom stereocenters. The molecular weight excluding hydrogens is 977 g/mol. The highest BCUT2D eigenvalue weighted by atomic mass is 16.7. The number of benzene rings is 2. The summed E-state index contributed by atoms with van der Waals surface area (Å²) in [4.78, 5) is 14.0. The number of esters is 1. The van der Waals surface area contributed by atoms with Crippen LogP contribution in [0.1, 0.15) is 243 Å². The number of carbonyl (C=O) groups excluding carboxylic acids is 1. The van der Waals surface area contributed by atoms with Crippen molar-refractivity contribution in [1.82, 2.24) is 0 Å². The van der Waals surface area contributed by atoms with E-state index in [1.165, 1.54) is 154 Å². The second kappa shape index (κ2) is 45.1. The lowest BCUT2D eigenvalue weighted by Crippen LogP contribution is -2.59. The third kappa shape index (κ3) is 30.8. The fourth-order valence-corrected chi connectivity index (χ4v) is 10.5. The van der Waals surface area contributed by atoms with Crippen LogP contribution >= 0.6 is 0 Å². The van der Waals surface area contributed by atoms with Gasteiger partial charge in [-0.2, -0.15) is 0 Å². The van der Waals surface area contributed by atoms with Gasteiger partial charge in [0.1, 0.15) is 36.6 Å². The predicted octanol–water partition coefficient (Wildman–Crippen LogP) is 12.3. The fourth-order valence-electron chi connectivity index (χ4n) is 10.5. The molecule has 3 rings (SSSR count). The van der Waals surface area contributed by atoms with Gasteiger partial charge >= 0.3 is 5.97 Å². The van der Waals surface area contributed by atoms with E-state index in [1.807, 2.05) is 60.7 Å². The third-order valence-corrected chi connectivity index (χ3v) is 15.5. The average molecular weight is 1090 g/mol. The molecule has 1 saturated heterocycles. The minimum Gasteiger partial charge on any atom is -0.455 e. The first-order valence-corrected chi connectivity index (χ1v) is 31.1. The van der Waals surface area contributed by atoms with Gasteiger partial charge in [-0.3, -0.25) is 0 Å². The Morgan fingerprint density at radius 1 is 0.494 bits per heavy atom. The van der Waals surface area contributed by atoms with Crippen molar-refractivity contribution in [2.75, 3.05) is 13.2 Å².